The number of hydrogen-bond acceptors (Lipinski definition) is 4. The average molecular weight is 396 g/mol. The second-order valence-electron chi connectivity index (χ2n) is 6.21. The predicted molar refractivity (Wildman–Crippen MR) is 95.3 cm³/mol. The number of esters is 1. The molecule has 0 saturated heterocycles. The fourth-order valence-electron chi connectivity index (χ4n) is 2.72. The Morgan fingerprint density at radius 1 is 1.11 bits per heavy atom. The summed E-state index contributed by atoms with van der Waals surface area (Å²) in [6.45, 7) is 2.30. The first-order valence-electron chi connectivity index (χ1n) is 8.30. The number of nitrogens with one attached hydrogen (secondary N) is 1. The highest BCUT2D eigenvalue weighted by Gasteiger charge is 2.30. The number of carbonyl (C=O) groups is 3. The first kappa shape index (κ1) is 21.2. The molecule has 2 aromatic rings. The van der Waals surface area contributed by atoms with Crippen molar-refractivity contribution in [2.75, 3.05) is 11.9 Å². The van der Waals surface area contributed by atoms with Crippen LogP contribution >= 0.6 is 0 Å². The molecule has 0 aliphatic heterocycles. The zero-order chi connectivity index (χ0) is 21.1. The highest BCUT2D eigenvalue weighted by Crippen LogP contribution is 2.23. The number of Topliss-reactive ketones (excluding diaryl/α,β-unsaturated/α-hetero) is 1. The first-order valence-corrected chi connectivity index (χ1v) is 8.30. The molecule has 1 heterocycles. The molecule has 6 nitrogen and oxygen atoms in total. The van der Waals surface area contributed by atoms with Crippen LogP contribution in [0.3, 0.4) is 0 Å². The Bertz CT molecular complexity index is 916. The number of aryl methyl sites for hydroxylation is 1. The fourth-order valence-corrected chi connectivity index (χ4v) is 2.72. The maximum Gasteiger partial charge on any atom is 0.406 e. The van der Waals surface area contributed by atoms with Gasteiger partial charge in [-0.05, 0) is 39.0 Å². The first-order chi connectivity index (χ1) is 13.0. The van der Waals surface area contributed by atoms with Crippen LogP contribution in [0, 0.1) is 13.8 Å². The van der Waals surface area contributed by atoms with Gasteiger partial charge in [-0.1, -0.05) is 12.1 Å². The highest BCUT2D eigenvalue weighted by molar-refractivity contribution is 6.04. The van der Waals surface area contributed by atoms with Gasteiger partial charge in [-0.15, -0.1) is 0 Å². The summed E-state index contributed by atoms with van der Waals surface area (Å²) < 4.78 is 43.8. The van der Waals surface area contributed by atoms with Gasteiger partial charge in [-0.3, -0.25) is 9.59 Å². The Hall–Kier alpha value is -3.10. The van der Waals surface area contributed by atoms with Crippen molar-refractivity contribution in [3.63, 3.8) is 0 Å². The van der Waals surface area contributed by atoms with Crippen molar-refractivity contribution < 1.29 is 32.3 Å². The van der Waals surface area contributed by atoms with Crippen molar-refractivity contribution in [2.24, 2.45) is 0 Å². The lowest BCUT2D eigenvalue weighted by Gasteiger charge is -2.12. The van der Waals surface area contributed by atoms with Crippen LogP contribution < -0.4 is 5.32 Å². The van der Waals surface area contributed by atoms with E-state index in [0.29, 0.717) is 5.56 Å². The molecule has 0 fully saturated rings. The second-order valence-corrected chi connectivity index (χ2v) is 6.21. The van der Waals surface area contributed by atoms with E-state index in [-0.39, 0.29) is 28.4 Å². The van der Waals surface area contributed by atoms with Gasteiger partial charge in [0, 0.05) is 17.0 Å². The molecule has 0 radical (unpaired) electrons. The minimum absolute atomic E-state index is 0.0429. The number of ether oxygens (including phenoxy) is 1. The minimum Gasteiger partial charge on any atom is -0.452 e. The molecular weight excluding hydrogens is 377 g/mol. The third-order valence-corrected chi connectivity index (χ3v) is 4.05. The van der Waals surface area contributed by atoms with E-state index in [1.807, 2.05) is 0 Å². The number of ketones is 1. The van der Waals surface area contributed by atoms with E-state index in [4.69, 9.17) is 4.74 Å². The maximum absolute atomic E-state index is 12.6. The van der Waals surface area contributed by atoms with Crippen LogP contribution in [0.5, 0.6) is 0 Å². The smallest absolute Gasteiger partial charge is 0.406 e. The molecule has 2 rings (SSSR count). The van der Waals surface area contributed by atoms with Gasteiger partial charge in [0.2, 0.25) is 0 Å². The van der Waals surface area contributed by atoms with Gasteiger partial charge in [0.05, 0.1) is 11.3 Å². The summed E-state index contributed by atoms with van der Waals surface area (Å²) in [5.41, 5.74) is 0.889. The Morgan fingerprint density at radius 2 is 1.75 bits per heavy atom. The number of anilines is 1. The number of amides is 1. The van der Waals surface area contributed by atoms with Crippen LogP contribution in [0.15, 0.2) is 30.3 Å². The molecule has 1 amide bonds. The van der Waals surface area contributed by atoms with Crippen LogP contribution in [0.2, 0.25) is 0 Å². The summed E-state index contributed by atoms with van der Waals surface area (Å²) in [6.07, 6.45) is -4.43. The summed E-state index contributed by atoms with van der Waals surface area (Å²) >= 11 is 0. The van der Waals surface area contributed by atoms with E-state index < -0.39 is 31.2 Å². The number of halogens is 3. The van der Waals surface area contributed by atoms with Crippen LogP contribution in [-0.2, 0) is 16.1 Å². The van der Waals surface area contributed by atoms with Crippen LogP contribution in [-0.4, -0.2) is 35.0 Å². The molecule has 0 saturated carbocycles. The van der Waals surface area contributed by atoms with Gasteiger partial charge < -0.3 is 14.6 Å². The molecule has 0 bridgehead atoms. The molecular formula is C19H19F3N2O4. The average Bonchev–Trinajstić information content (AvgIpc) is 2.87. The molecule has 9 heteroatoms. The molecule has 0 aliphatic carbocycles. The van der Waals surface area contributed by atoms with Gasteiger partial charge in [0.25, 0.3) is 5.91 Å². The Kier molecular flexibility index (Phi) is 6.27. The number of nitrogens with zero attached hydrogens (tertiary/aromatic N) is 1. The number of para-hydroxylation sites is 1. The van der Waals surface area contributed by atoms with Crippen molar-refractivity contribution >= 4 is 23.3 Å². The maximum atomic E-state index is 12.6. The van der Waals surface area contributed by atoms with E-state index >= 15 is 0 Å². The Morgan fingerprint density at radius 3 is 2.36 bits per heavy atom. The van der Waals surface area contributed by atoms with Gasteiger partial charge in [-0.25, -0.2) is 4.79 Å². The topological polar surface area (TPSA) is 77.4 Å². The number of carbonyl (C=O) groups excluding carboxylic acids is 3. The molecule has 28 heavy (non-hydrogen) atoms. The van der Waals surface area contributed by atoms with Crippen molar-refractivity contribution in [3.05, 3.63) is 52.8 Å². The van der Waals surface area contributed by atoms with Crippen molar-refractivity contribution in [2.45, 2.75) is 33.5 Å². The van der Waals surface area contributed by atoms with Crippen molar-refractivity contribution in [3.8, 4) is 0 Å². The SMILES string of the molecule is CC(=O)c1ccccc1NC(=O)COC(=O)c1cc(C)n(CC(F)(F)F)c1C. The number of aromatic nitrogens is 1. The van der Waals surface area contributed by atoms with Gasteiger partial charge in [0.1, 0.15) is 6.54 Å². The third-order valence-electron chi connectivity index (χ3n) is 4.05. The molecule has 1 N–H and O–H groups in total. The third kappa shape index (κ3) is 5.21. The standard InChI is InChI=1S/C19H19F3N2O4/c1-11-8-15(12(2)24(11)10-19(20,21)22)18(27)28-9-17(26)23-16-7-5-4-6-14(16)13(3)25/h4-8H,9-10H2,1-3H3,(H,23,26). The number of benzene rings is 1. The molecule has 1 aromatic heterocycles. The fraction of sp³-hybridized carbons (Fsp3) is 0.316. The van der Waals surface area contributed by atoms with Gasteiger partial charge >= 0.3 is 12.1 Å². The lowest BCUT2D eigenvalue weighted by molar-refractivity contribution is -0.141. The number of rotatable bonds is 6. The summed E-state index contributed by atoms with van der Waals surface area (Å²) in [6, 6.07) is 7.62. The monoisotopic (exact) mass is 396 g/mol. The Labute approximate surface area is 159 Å². The van der Waals surface area contributed by atoms with E-state index in [1.165, 1.54) is 32.9 Å². The quantitative estimate of drug-likeness (QED) is 0.597. The second kappa shape index (κ2) is 8.28. The van der Waals surface area contributed by atoms with E-state index in [9.17, 15) is 27.6 Å². The molecule has 0 aliphatic rings. The summed E-state index contributed by atoms with van der Waals surface area (Å²) in [5, 5.41) is 2.47. The summed E-state index contributed by atoms with van der Waals surface area (Å²) in [5.74, 6) is -1.83. The molecule has 0 atom stereocenters. The minimum atomic E-state index is -4.43. The van der Waals surface area contributed by atoms with Crippen LogP contribution in [0.1, 0.15) is 39.0 Å². The van der Waals surface area contributed by atoms with E-state index in [0.717, 1.165) is 4.57 Å². The van der Waals surface area contributed by atoms with E-state index in [1.54, 1.807) is 18.2 Å². The van der Waals surface area contributed by atoms with Crippen molar-refractivity contribution in [1.82, 2.24) is 4.57 Å². The normalized spacial score (nSPS) is 11.2. The zero-order valence-electron chi connectivity index (χ0n) is 15.5. The predicted octanol–water partition coefficient (Wildman–Crippen LogP) is 3.67. The largest absolute Gasteiger partial charge is 0.452 e. The molecule has 0 spiro atoms. The molecule has 1 aromatic carbocycles. The lowest BCUT2D eigenvalue weighted by Crippen LogP contribution is -2.22. The summed E-state index contributed by atoms with van der Waals surface area (Å²) in [7, 11) is 0. The van der Waals surface area contributed by atoms with Crippen LogP contribution in [0.25, 0.3) is 0 Å². The zero-order valence-corrected chi connectivity index (χ0v) is 15.5. The summed E-state index contributed by atoms with van der Waals surface area (Å²) in [4.78, 5) is 35.7. The number of alkyl halides is 3. The molecule has 0 unspecified atom stereocenters. The molecule has 150 valence electrons. The number of hydrogen-bond donors (Lipinski definition) is 1. The van der Waals surface area contributed by atoms with Gasteiger partial charge in [-0.2, -0.15) is 13.2 Å². The van der Waals surface area contributed by atoms with E-state index in [2.05, 4.69) is 5.32 Å². The van der Waals surface area contributed by atoms with Crippen LogP contribution in [0.4, 0.5) is 18.9 Å². The highest BCUT2D eigenvalue weighted by atomic mass is 19.4. The Balaban J connectivity index is 2.04. The van der Waals surface area contributed by atoms with Gasteiger partial charge in [0.15, 0.2) is 12.4 Å². The lowest BCUT2D eigenvalue weighted by atomic mass is 10.1. The van der Waals surface area contributed by atoms with Crippen molar-refractivity contribution in [1.29, 1.82) is 0 Å².